The Hall–Kier alpha value is -1.68. The van der Waals surface area contributed by atoms with E-state index in [-0.39, 0.29) is 0 Å². The SMILES string of the molecule is CCCC[N+](C)(C)c1ccc(C2[N+](C)(CCCC)c3ccccc3[N+]2(C)CCCC)cc1. The summed E-state index contributed by atoms with van der Waals surface area (Å²) in [6.07, 6.45) is 7.92. The van der Waals surface area contributed by atoms with Gasteiger partial charge < -0.3 is 0 Å². The number of para-hydroxylation sites is 2. The van der Waals surface area contributed by atoms with Gasteiger partial charge in [0.05, 0.1) is 53.4 Å². The molecule has 0 radical (unpaired) electrons. The first-order chi connectivity index (χ1) is 15.2. The van der Waals surface area contributed by atoms with Gasteiger partial charge in [0.15, 0.2) is 11.4 Å². The van der Waals surface area contributed by atoms with Gasteiger partial charge in [0.2, 0.25) is 0 Å². The quantitative estimate of drug-likeness (QED) is 0.324. The van der Waals surface area contributed by atoms with Crippen LogP contribution in [0.5, 0.6) is 0 Å². The van der Waals surface area contributed by atoms with Gasteiger partial charge in [-0.25, -0.2) is 8.97 Å². The summed E-state index contributed by atoms with van der Waals surface area (Å²) in [6, 6.07) is 19.0. The summed E-state index contributed by atoms with van der Waals surface area (Å²) in [4.78, 5) is 0. The smallest absolute Gasteiger partial charge is 0.252 e. The Bertz CT molecular complexity index is 831. The Morgan fingerprint density at radius 3 is 1.59 bits per heavy atom. The molecule has 0 amide bonds. The molecular weight excluding hydrogens is 390 g/mol. The van der Waals surface area contributed by atoms with Crippen LogP contribution in [-0.2, 0) is 0 Å². The lowest BCUT2D eigenvalue weighted by Crippen LogP contribution is -2.58. The van der Waals surface area contributed by atoms with Crippen molar-refractivity contribution in [3.8, 4) is 0 Å². The average Bonchev–Trinajstić information content (AvgIpc) is 2.99. The first-order valence-corrected chi connectivity index (χ1v) is 13.0. The van der Waals surface area contributed by atoms with Crippen LogP contribution in [-0.4, -0.2) is 47.8 Å². The van der Waals surface area contributed by atoms with Gasteiger partial charge in [-0.15, -0.1) is 0 Å². The molecule has 176 valence electrons. The predicted molar refractivity (Wildman–Crippen MR) is 144 cm³/mol. The standard InChI is InChI=1S/C29H48N3/c1-8-11-22-30(4,5)26-20-18-25(19-21-26)29-31(6,23-12-9-2)27-16-14-15-17-28(27)32(29,7)24-13-10-3/h14-21,29H,8-13,22-24H2,1-7H3/q+3. The van der Waals surface area contributed by atoms with Crippen LogP contribution in [0.4, 0.5) is 17.1 Å². The molecule has 0 bridgehead atoms. The fraction of sp³-hybridized carbons (Fsp3) is 0.586. The second-order valence-corrected chi connectivity index (χ2v) is 10.9. The van der Waals surface area contributed by atoms with Crippen LogP contribution in [0.25, 0.3) is 0 Å². The van der Waals surface area contributed by atoms with Gasteiger partial charge in [-0.2, -0.15) is 0 Å². The van der Waals surface area contributed by atoms with Crippen LogP contribution in [0, 0.1) is 0 Å². The summed E-state index contributed by atoms with van der Waals surface area (Å²) in [5.74, 6) is 0. The summed E-state index contributed by atoms with van der Waals surface area (Å²) in [6.45, 7) is 10.5. The molecule has 2 unspecified atom stereocenters. The van der Waals surface area contributed by atoms with E-state index in [1.54, 1.807) is 0 Å². The Labute approximate surface area is 198 Å². The van der Waals surface area contributed by atoms with Gasteiger partial charge >= 0.3 is 0 Å². The average molecular weight is 439 g/mol. The number of rotatable bonds is 11. The van der Waals surface area contributed by atoms with Crippen LogP contribution >= 0.6 is 0 Å². The zero-order valence-electron chi connectivity index (χ0n) is 21.9. The number of benzene rings is 2. The maximum absolute atomic E-state index is 2.49. The van der Waals surface area contributed by atoms with Crippen molar-refractivity contribution in [3.63, 3.8) is 0 Å². The third-order valence-electron chi connectivity index (χ3n) is 7.98. The number of unbranched alkanes of at least 4 members (excludes halogenated alkanes) is 3. The lowest BCUT2D eigenvalue weighted by atomic mass is 10.1. The molecular formula is C29H48N3+3. The van der Waals surface area contributed by atoms with Gasteiger partial charge in [-0.1, -0.05) is 52.2 Å². The number of nitrogens with zero attached hydrogens (tertiary/aromatic N) is 3. The molecule has 3 nitrogen and oxygen atoms in total. The largest absolute Gasteiger partial charge is 0.296 e. The molecule has 32 heavy (non-hydrogen) atoms. The van der Waals surface area contributed by atoms with E-state index >= 15 is 0 Å². The lowest BCUT2D eigenvalue weighted by molar-refractivity contribution is 0.119. The third kappa shape index (κ3) is 4.53. The summed E-state index contributed by atoms with van der Waals surface area (Å²) in [7, 11) is 9.67. The predicted octanol–water partition coefficient (Wildman–Crippen LogP) is 7.24. The second-order valence-electron chi connectivity index (χ2n) is 10.9. The maximum atomic E-state index is 2.49. The molecule has 2 aromatic carbocycles. The van der Waals surface area contributed by atoms with Crippen molar-refractivity contribution < 1.29 is 0 Å². The maximum Gasteiger partial charge on any atom is 0.252 e. The topological polar surface area (TPSA) is 0 Å². The molecule has 3 heteroatoms. The van der Waals surface area contributed by atoms with E-state index < -0.39 is 0 Å². The molecule has 0 spiro atoms. The molecule has 2 aromatic rings. The van der Waals surface area contributed by atoms with Crippen LogP contribution in [0.2, 0.25) is 0 Å². The Balaban J connectivity index is 2.08. The van der Waals surface area contributed by atoms with Crippen molar-refractivity contribution in [2.24, 2.45) is 0 Å². The van der Waals surface area contributed by atoms with Crippen molar-refractivity contribution in [2.45, 2.75) is 65.5 Å². The van der Waals surface area contributed by atoms with Crippen LogP contribution in [0.1, 0.15) is 71.0 Å². The first kappa shape index (κ1) is 25.0. The highest BCUT2D eigenvalue weighted by molar-refractivity contribution is 5.73. The van der Waals surface area contributed by atoms with Gasteiger partial charge in [0.25, 0.3) is 6.17 Å². The van der Waals surface area contributed by atoms with Gasteiger partial charge in [0.1, 0.15) is 5.69 Å². The molecule has 0 aliphatic carbocycles. The number of hydrogen-bond acceptors (Lipinski definition) is 0. The fourth-order valence-corrected chi connectivity index (χ4v) is 6.00. The molecule has 1 aliphatic heterocycles. The highest BCUT2D eigenvalue weighted by atomic mass is 15.6. The number of fused-ring (bicyclic) bond motifs is 1. The Morgan fingerprint density at radius 1 is 0.688 bits per heavy atom. The highest BCUT2D eigenvalue weighted by Crippen LogP contribution is 2.54. The molecule has 3 rings (SSSR count). The molecule has 2 atom stereocenters. The first-order valence-electron chi connectivity index (χ1n) is 13.0. The van der Waals surface area contributed by atoms with Crippen LogP contribution in [0.3, 0.4) is 0 Å². The third-order valence-corrected chi connectivity index (χ3v) is 7.98. The van der Waals surface area contributed by atoms with Crippen molar-refractivity contribution in [1.82, 2.24) is 13.4 Å². The number of quaternary nitrogens is 3. The van der Waals surface area contributed by atoms with Gasteiger partial charge in [0, 0.05) is 12.1 Å². The van der Waals surface area contributed by atoms with Gasteiger partial charge in [-0.05, 0) is 43.5 Å². The normalized spacial score (nSPS) is 25.2. The molecule has 1 aliphatic rings. The molecule has 0 fully saturated rings. The van der Waals surface area contributed by atoms with Crippen molar-refractivity contribution in [2.75, 3.05) is 47.8 Å². The minimum atomic E-state index is 0.408. The molecule has 0 N–H and O–H groups in total. The zero-order valence-corrected chi connectivity index (χ0v) is 21.9. The summed E-state index contributed by atoms with van der Waals surface area (Å²) in [5.41, 5.74) is 5.95. The molecule has 0 aromatic heterocycles. The van der Waals surface area contributed by atoms with E-state index in [9.17, 15) is 0 Å². The molecule has 1 heterocycles. The monoisotopic (exact) mass is 438 g/mol. The van der Waals surface area contributed by atoms with E-state index in [0.717, 1.165) is 13.4 Å². The molecule has 0 saturated carbocycles. The second kappa shape index (κ2) is 10.1. The minimum Gasteiger partial charge on any atom is -0.296 e. The van der Waals surface area contributed by atoms with Crippen molar-refractivity contribution >= 4 is 17.1 Å². The number of hydrogen-bond donors (Lipinski definition) is 0. The molecule has 0 saturated heterocycles. The zero-order chi connectivity index (χ0) is 23.4. The van der Waals surface area contributed by atoms with Crippen LogP contribution in [0.15, 0.2) is 48.5 Å². The summed E-state index contributed by atoms with van der Waals surface area (Å²) >= 11 is 0. The Morgan fingerprint density at radius 2 is 1.16 bits per heavy atom. The van der Waals surface area contributed by atoms with E-state index in [4.69, 9.17) is 0 Å². The minimum absolute atomic E-state index is 0.408. The van der Waals surface area contributed by atoms with E-state index in [1.807, 2.05) is 0 Å². The lowest BCUT2D eigenvalue weighted by Gasteiger charge is -2.41. The summed E-state index contributed by atoms with van der Waals surface area (Å²) < 4.78 is 2.98. The van der Waals surface area contributed by atoms with Crippen LogP contribution < -0.4 is 13.4 Å². The Kier molecular flexibility index (Phi) is 7.85. The van der Waals surface area contributed by atoms with E-state index in [2.05, 4.69) is 97.5 Å². The fourth-order valence-electron chi connectivity index (χ4n) is 6.00. The van der Waals surface area contributed by atoms with E-state index in [1.165, 1.54) is 80.8 Å². The van der Waals surface area contributed by atoms with Crippen molar-refractivity contribution in [1.29, 1.82) is 0 Å². The highest BCUT2D eigenvalue weighted by Gasteiger charge is 2.58. The van der Waals surface area contributed by atoms with Crippen molar-refractivity contribution in [3.05, 3.63) is 54.1 Å². The van der Waals surface area contributed by atoms with E-state index in [0.29, 0.717) is 6.17 Å². The van der Waals surface area contributed by atoms with Gasteiger partial charge in [-0.3, -0.25) is 4.48 Å². The summed E-state index contributed by atoms with van der Waals surface area (Å²) in [5, 5.41) is 0.